The Morgan fingerprint density at radius 3 is 3.23 bits per heavy atom. The van der Waals surface area contributed by atoms with Gasteiger partial charge in [-0.2, -0.15) is 4.37 Å². The number of hydrogen-bond donors (Lipinski definition) is 1. The van der Waals surface area contributed by atoms with Crippen LogP contribution in [0, 0.1) is 0 Å². The fraction of sp³-hybridized carbons (Fsp3) is 0.286. The van der Waals surface area contributed by atoms with Gasteiger partial charge >= 0.3 is 0 Å². The molecule has 13 heavy (non-hydrogen) atoms. The van der Waals surface area contributed by atoms with Crippen LogP contribution in [-0.2, 0) is 6.54 Å². The Morgan fingerprint density at radius 2 is 2.54 bits per heavy atom. The van der Waals surface area contributed by atoms with Crippen molar-refractivity contribution in [2.75, 3.05) is 11.9 Å². The van der Waals surface area contributed by atoms with Gasteiger partial charge in [-0.3, -0.25) is 0 Å². The second kappa shape index (κ2) is 3.99. The standard InChI is InChI=1S/C7H9N5S/c1-3-12(6-8-1)4-2-9-7-10-5-11-13-7/h1,3,5-6H,2,4H2,(H,9,10,11). The number of hydrogen-bond acceptors (Lipinski definition) is 5. The normalized spacial score (nSPS) is 10.2. The molecule has 2 aromatic rings. The van der Waals surface area contributed by atoms with Crippen molar-refractivity contribution >= 4 is 16.7 Å². The summed E-state index contributed by atoms with van der Waals surface area (Å²) in [5, 5.41) is 4.02. The monoisotopic (exact) mass is 195 g/mol. The van der Waals surface area contributed by atoms with Gasteiger partial charge in [0.25, 0.3) is 0 Å². The zero-order chi connectivity index (χ0) is 8.93. The van der Waals surface area contributed by atoms with Crippen LogP contribution in [-0.4, -0.2) is 25.5 Å². The van der Waals surface area contributed by atoms with E-state index in [1.807, 2.05) is 10.8 Å². The van der Waals surface area contributed by atoms with Gasteiger partial charge in [0.05, 0.1) is 6.33 Å². The second-order valence-electron chi connectivity index (χ2n) is 2.47. The van der Waals surface area contributed by atoms with Gasteiger partial charge in [-0.1, -0.05) is 0 Å². The summed E-state index contributed by atoms with van der Waals surface area (Å²) in [4.78, 5) is 7.95. The van der Waals surface area contributed by atoms with Gasteiger partial charge in [-0.05, 0) is 0 Å². The van der Waals surface area contributed by atoms with Crippen molar-refractivity contribution in [3.8, 4) is 0 Å². The molecule has 0 amide bonds. The summed E-state index contributed by atoms with van der Waals surface area (Å²) in [5.41, 5.74) is 0. The summed E-state index contributed by atoms with van der Waals surface area (Å²) in [6.07, 6.45) is 7.04. The molecule has 2 aromatic heterocycles. The lowest BCUT2D eigenvalue weighted by Crippen LogP contribution is -2.08. The van der Waals surface area contributed by atoms with E-state index >= 15 is 0 Å². The third kappa shape index (κ3) is 2.25. The molecule has 0 aliphatic heterocycles. The molecule has 0 aliphatic carbocycles. The highest BCUT2D eigenvalue weighted by Crippen LogP contribution is 2.05. The smallest absolute Gasteiger partial charge is 0.202 e. The second-order valence-corrected chi connectivity index (χ2v) is 3.25. The largest absolute Gasteiger partial charge is 0.358 e. The highest BCUT2D eigenvalue weighted by atomic mass is 32.1. The predicted molar refractivity (Wildman–Crippen MR) is 50.6 cm³/mol. The van der Waals surface area contributed by atoms with Gasteiger partial charge in [-0.25, -0.2) is 9.97 Å². The first-order chi connectivity index (χ1) is 6.45. The highest BCUT2D eigenvalue weighted by molar-refractivity contribution is 7.09. The molecule has 5 nitrogen and oxygen atoms in total. The zero-order valence-electron chi connectivity index (χ0n) is 6.92. The molecule has 0 atom stereocenters. The van der Waals surface area contributed by atoms with Crippen molar-refractivity contribution in [3.63, 3.8) is 0 Å². The maximum atomic E-state index is 4.01. The zero-order valence-corrected chi connectivity index (χ0v) is 7.74. The fourth-order valence-electron chi connectivity index (χ4n) is 0.962. The Labute approximate surface area is 79.6 Å². The number of aromatic nitrogens is 4. The lowest BCUT2D eigenvalue weighted by molar-refractivity contribution is 0.726. The molecule has 0 saturated heterocycles. The molecule has 0 saturated carbocycles. The van der Waals surface area contributed by atoms with E-state index in [9.17, 15) is 0 Å². The summed E-state index contributed by atoms with van der Waals surface area (Å²) in [6, 6.07) is 0. The Hall–Kier alpha value is -1.43. The molecular formula is C7H9N5S. The third-order valence-electron chi connectivity index (χ3n) is 1.57. The van der Waals surface area contributed by atoms with Crippen LogP contribution in [0.4, 0.5) is 5.13 Å². The molecule has 2 heterocycles. The Morgan fingerprint density at radius 1 is 1.54 bits per heavy atom. The van der Waals surface area contributed by atoms with Crippen molar-refractivity contribution in [1.29, 1.82) is 0 Å². The fourth-order valence-corrected chi connectivity index (χ4v) is 1.42. The number of imidazole rings is 1. The van der Waals surface area contributed by atoms with Crippen LogP contribution in [0.25, 0.3) is 0 Å². The maximum absolute atomic E-state index is 4.01. The van der Waals surface area contributed by atoms with Gasteiger partial charge in [0, 0.05) is 37.0 Å². The predicted octanol–water partition coefficient (Wildman–Crippen LogP) is 0.847. The third-order valence-corrected chi connectivity index (χ3v) is 2.19. The summed E-state index contributed by atoms with van der Waals surface area (Å²) >= 11 is 1.36. The van der Waals surface area contributed by atoms with Crippen molar-refractivity contribution in [2.24, 2.45) is 0 Å². The molecule has 2 rings (SSSR count). The summed E-state index contributed by atoms with van der Waals surface area (Å²) < 4.78 is 5.89. The Bertz CT molecular complexity index is 293. The molecular weight excluding hydrogens is 186 g/mol. The average Bonchev–Trinajstić information content (AvgIpc) is 2.75. The van der Waals surface area contributed by atoms with E-state index in [1.165, 1.54) is 11.5 Å². The Kier molecular flexibility index (Phi) is 2.51. The maximum Gasteiger partial charge on any atom is 0.202 e. The summed E-state index contributed by atoms with van der Waals surface area (Å²) in [7, 11) is 0. The van der Waals surface area contributed by atoms with Crippen molar-refractivity contribution in [1.82, 2.24) is 18.9 Å². The minimum atomic E-state index is 0.839. The topological polar surface area (TPSA) is 55.6 Å². The van der Waals surface area contributed by atoms with Crippen LogP contribution in [0.3, 0.4) is 0 Å². The van der Waals surface area contributed by atoms with Gasteiger partial charge in [0.15, 0.2) is 0 Å². The van der Waals surface area contributed by atoms with Crippen LogP contribution in [0.15, 0.2) is 25.0 Å². The van der Waals surface area contributed by atoms with E-state index in [4.69, 9.17) is 0 Å². The summed E-state index contributed by atoms with van der Waals surface area (Å²) in [6.45, 7) is 1.73. The SMILES string of the molecule is c1cn(CCNc2ncns2)cn1. The van der Waals surface area contributed by atoms with Crippen molar-refractivity contribution < 1.29 is 0 Å². The molecule has 6 heteroatoms. The molecule has 1 N–H and O–H groups in total. The number of nitrogens with zero attached hydrogens (tertiary/aromatic N) is 4. The lowest BCUT2D eigenvalue weighted by atomic mass is 10.6. The van der Waals surface area contributed by atoms with Crippen LogP contribution < -0.4 is 5.32 Å². The molecule has 0 unspecified atom stereocenters. The van der Waals surface area contributed by atoms with E-state index < -0.39 is 0 Å². The molecule has 0 spiro atoms. The van der Waals surface area contributed by atoms with Crippen LogP contribution in [0.2, 0.25) is 0 Å². The van der Waals surface area contributed by atoms with Crippen LogP contribution in [0.1, 0.15) is 0 Å². The van der Waals surface area contributed by atoms with Gasteiger partial charge in [0.2, 0.25) is 5.13 Å². The molecule has 0 aromatic carbocycles. The van der Waals surface area contributed by atoms with Gasteiger partial charge in [-0.15, -0.1) is 0 Å². The number of nitrogens with one attached hydrogen (secondary N) is 1. The first-order valence-corrected chi connectivity index (χ1v) is 4.69. The molecule has 0 aliphatic rings. The molecule has 0 fully saturated rings. The first kappa shape index (κ1) is 8.18. The first-order valence-electron chi connectivity index (χ1n) is 3.91. The van der Waals surface area contributed by atoms with E-state index in [0.29, 0.717) is 0 Å². The number of rotatable bonds is 4. The highest BCUT2D eigenvalue weighted by Gasteiger charge is 1.94. The van der Waals surface area contributed by atoms with Crippen LogP contribution >= 0.6 is 11.5 Å². The molecule has 68 valence electrons. The van der Waals surface area contributed by atoms with Gasteiger partial charge in [0.1, 0.15) is 6.33 Å². The quantitative estimate of drug-likeness (QED) is 0.785. The van der Waals surface area contributed by atoms with E-state index in [0.717, 1.165) is 18.2 Å². The molecule has 0 radical (unpaired) electrons. The summed E-state index contributed by atoms with van der Waals surface area (Å²) in [5.74, 6) is 0. The van der Waals surface area contributed by atoms with E-state index in [1.54, 1.807) is 18.9 Å². The van der Waals surface area contributed by atoms with Crippen molar-refractivity contribution in [3.05, 3.63) is 25.0 Å². The molecule has 0 bridgehead atoms. The number of anilines is 1. The van der Waals surface area contributed by atoms with Crippen LogP contribution in [0.5, 0.6) is 0 Å². The lowest BCUT2D eigenvalue weighted by Gasteiger charge is -2.01. The van der Waals surface area contributed by atoms with E-state index in [2.05, 4.69) is 19.7 Å². The van der Waals surface area contributed by atoms with E-state index in [-0.39, 0.29) is 0 Å². The average molecular weight is 195 g/mol. The van der Waals surface area contributed by atoms with Gasteiger partial charge < -0.3 is 9.88 Å². The van der Waals surface area contributed by atoms with Crippen molar-refractivity contribution in [2.45, 2.75) is 6.54 Å². The Balaban J connectivity index is 1.76. The minimum Gasteiger partial charge on any atom is -0.358 e. The minimum absolute atomic E-state index is 0.839.